The lowest BCUT2D eigenvalue weighted by molar-refractivity contribution is -0.133. The molecule has 4 aromatic rings. The van der Waals surface area contributed by atoms with Crippen LogP contribution in [0.2, 0.25) is 0 Å². The number of nitrogens with two attached hydrogens (primary N) is 1. The second-order valence-corrected chi connectivity index (χ2v) is 11.3. The van der Waals surface area contributed by atoms with Crippen molar-refractivity contribution in [2.75, 3.05) is 26.2 Å². The zero-order chi connectivity index (χ0) is 27.5. The van der Waals surface area contributed by atoms with Crippen LogP contribution in [0, 0.1) is 0 Å². The molecule has 4 heterocycles. The van der Waals surface area contributed by atoms with Crippen molar-refractivity contribution in [1.29, 1.82) is 0 Å². The predicted octanol–water partition coefficient (Wildman–Crippen LogP) is 4.19. The summed E-state index contributed by atoms with van der Waals surface area (Å²) in [4.78, 5) is 27.7. The zero-order valence-electron chi connectivity index (χ0n) is 23.2. The van der Waals surface area contributed by atoms with E-state index in [0.717, 1.165) is 66.1 Å². The third-order valence-corrected chi connectivity index (χ3v) is 8.72. The summed E-state index contributed by atoms with van der Waals surface area (Å²) >= 11 is 0. The maximum atomic E-state index is 13.5. The van der Waals surface area contributed by atoms with Gasteiger partial charge in [-0.05, 0) is 81.8 Å². The minimum absolute atomic E-state index is 0.0922. The molecule has 1 aromatic carbocycles. The van der Waals surface area contributed by atoms with Gasteiger partial charge in [0.1, 0.15) is 6.54 Å². The van der Waals surface area contributed by atoms with E-state index in [4.69, 9.17) is 15.7 Å². The third-order valence-electron chi connectivity index (χ3n) is 8.72. The number of fused-ring (bicyclic) bond motifs is 4. The van der Waals surface area contributed by atoms with E-state index in [0.29, 0.717) is 39.0 Å². The Morgan fingerprint density at radius 1 is 1.00 bits per heavy atom. The molecule has 3 N–H and O–H groups in total. The van der Waals surface area contributed by atoms with Crippen molar-refractivity contribution in [3.05, 3.63) is 71.8 Å². The Bertz CT molecular complexity index is 1480. The molecule has 1 saturated heterocycles. The molecule has 0 bridgehead atoms. The average Bonchev–Trinajstić information content (AvgIpc) is 3.31. The first kappa shape index (κ1) is 26.9. The monoisotopic (exact) mass is 540 g/mol. The van der Waals surface area contributed by atoms with Gasteiger partial charge in [-0.25, -0.2) is 0 Å². The highest BCUT2D eigenvalue weighted by molar-refractivity contribution is 6.09. The maximum absolute atomic E-state index is 13.5. The van der Waals surface area contributed by atoms with Gasteiger partial charge in [-0.3, -0.25) is 19.7 Å². The van der Waals surface area contributed by atoms with Crippen molar-refractivity contribution in [2.45, 2.75) is 70.2 Å². The second kappa shape index (κ2) is 12.0. The number of likely N-dealkylation sites (tertiary alicyclic amines) is 1. The van der Waals surface area contributed by atoms with E-state index in [2.05, 4.69) is 39.8 Å². The maximum Gasteiger partial charge on any atom is 0.242 e. The van der Waals surface area contributed by atoms with E-state index >= 15 is 0 Å². The first-order chi connectivity index (χ1) is 19.6. The third kappa shape index (κ3) is 5.36. The van der Waals surface area contributed by atoms with Crippen LogP contribution in [0.15, 0.2) is 54.9 Å². The number of aliphatic hydroxyl groups is 1. The molecule has 0 saturated carbocycles. The zero-order valence-corrected chi connectivity index (χ0v) is 23.2. The Balaban J connectivity index is 1.39. The van der Waals surface area contributed by atoms with E-state index in [1.54, 1.807) is 0 Å². The molecule has 1 amide bonds. The fraction of sp³-hybridized carbons (Fsp3) is 0.469. The van der Waals surface area contributed by atoms with E-state index in [1.807, 2.05) is 29.4 Å². The first-order valence-corrected chi connectivity index (χ1v) is 14.8. The van der Waals surface area contributed by atoms with Crippen LogP contribution in [0.4, 0.5) is 0 Å². The molecular formula is C32H40N6O2. The summed E-state index contributed by atoms with van der Waals surface area (Å²) in [5.41, 5.74) is 11.5. The number of carbonyl (C=O) groups is 1. The van der Waals surface area contributed by atoms with Gasteiger partial charge < -0.3 is 20.3 Å². The number of rotatable bonds is 9. The van der Waals surface area contributed by atoms with E-state index in [1.165, 1.54) is 11.3 Å². The SMILES string of the molecule is NCCCCN(Cc1nccc2c3ccccc3n(CC(=O)N3CCC(O)CC3)c12)[C@H]1CCCc2cccnc21. The summed E-state index contributed by atoms with van der Waals surface area (Å²) in [6.45, 7) is 3.76. The van der Waals surface area contributed by atoms with Crippen molar-refractivity contribution < 1.29 is 9.90 Å². The molecule has 1 aliphatic heterocycles. The highest BCUT2D eigenvalue weighted by atomic mass is 16.3. The van der Waals surface area contributed by atoms with Crippen LogP contribution in [0.5, 0.6) is 0 Å². The van der Waals surface area contributed by atoms with Crippen molar-refractivity contribution in [3.8, 4) is 0 Å². The summed E-state index contributed by atoms with van der Waals surface area (Å²) in [6.07, 6.45) is 10.1. The van der Waals surface area contributed by atoms with Gasteiger partial charge in [0.05, 0.1) is 29.1 Å². The minimum Gasteiger partial charge on any atom is -0.393 e. The topological polar surface area (TPSA) is 101 Å². The smallest absolute Gasteiger partial charge is 0.242 e. The number of hydrogen-bond donors (Lipinski definition) is 2. The fourth-order valence-electron chi connectivity index (χ4n) is 6.64. The number of amides is 1. The number of unbranched alkanes of at least 4 members (excludes halogenated alkanes) is 1. The average molecular weight is 541 g/mol. The number of para-hydroxylation sites is 1. The van der Waals surface area contributed by atoms with Crippen molar-refractivity contribution in [2.24, 2.45) is 5.73 Å². The molecule has 8 nitrogen and oxygen atoms in total. The van der Waals surface area contributed by atoms with Crippen LogP contribution < -0.4 is 5.73 Å². The molecule has 40 heavy (non-hydrogen) atoms. The predicted molar refractivity (Wildman–Crippen MR) is 158 cm³/mol. The van der Waals surface area contributed by atoms with Crippen LogP contribution in [0.3, 0.4) is 0 Å². The van der Waals surface area contributed by atoms with Crippen LogP contribution in [0.25, 0.3) is 21.8 Å². The van der Waals surface area contributed by atoms with Gasteiger partial charge in [-0.1, -0.05) is 24.3 Å². The van der Waals surface area contributed by atoms with Gasteiger partial charge in [0.15, 0.2) is 0 Å². The van der Waals surface area contributed by atoms with Gasteiger partial charge in [0.25, 0.3) is 0 Å². The number of aliphatic hydroxyl groups excluding tert-OH is 1. The number of pyridine rings is 2. The van der Waals surface area contributed by atoms with E-state index in [-0.39, 0.29) is 24.6 Å². The number of nitrogens with zero attached hydrogens (tertiary/aromatic N) is 5. The van der Waals surface area contributed by atoms with Gasteiger partial charge in [0.2, 0.25) is 5.91 Å². The molecule has 1 aliphatic carbocycles. The number of benzene rings is 1. The minimum atomic E-state index is -0.308. The number of piperidine rings is 1. The molecule has 1 fully saturated rings. The highest BCUT2D eigenvalue weighted by Gasteiger charge is 2.29. The lowest BCUT2D eigenvalue weighted by Crippen LogP contribution is -2.41. The molecular weight excluding hydrogens is 500 g/mol. The van der Waals surface area contributed by atoms with Crippen LogP contribution in [0.1, 0.15) is 61.5 Å². The Hall–Kier alpha value is -3.33. The number of hydrogen-bond acceptors (Lipinski definition) is 6. The largest absolute Gasteiger partial charge is 0.393 e. The Morgan fingerprint density at radius 2 is 1.85 bits per heavy atom. The molecule has 2 aliphatic rings. The summed E-state index contributed by atoms with van der Waals surface area (Å²) in [6, 6.07) is 14.9. The fourth-order valence-corrected chi connectivity index (χ4v) is 6.64. The highest BCUT2D eigenvalue weighted by Crippen LogP contribution is 2.36. The van der Waals surface area contributed by atoms with Crippen molar-refractivity contribution in [3.63, 3.8) is 0 Å². The number of aryl methyl sites for hydroxylation is 1. The Morgan fingerprint density at radius 3 is 2.70 bits per heavy atom. The number of aromatic nitrogens is 3. The molecule has 1 atom stereocenters. The first-order valence-electron chi connectivity index (χ1n) is 14.8. The molecule has 8 heteroatoms. The Labute approximate surface area is 235 Å². The lowest BCUT2D eigenvalue weighted by atomic mass is 9.90. The van der Waals surface area contributed by atoms with E-state index < -0.39 is 0 Å². The number of carbonyl (C=O) groups excluding carboxylic acids is 1. The molecule has 0 radical (unpaired) electrons. The lowest BCUT2D eigenvalue weighted by Gasteiger charge is -2.35. The van der Waals surface area contributed by atoms with Crippen molar-refractivity contribution >= 4 is 27.7 Å². The molecule has 3 aromatic heterocycles. The van der Waals surface area contributed by atoms with Crippen molar-refractivity contribution in [1.82, 2.24) is 24.3 Å². The van der Waals surface area contributed by atoms with Gasteiger partial charge >= 0.3 is 0 Å². The van der Waals surface area contributed by atoms with Gasteiger partial charge in [-0.2, -0.15) is 0 Å². The summed E-state index contributed by atoms with van der Waals surface area (Å²) in [7, 11) is 0. The van der Waals surface area contributed by atoms with Gasteiger partial charge in [0, 0.05) is 48.3 Å². The van der Waals surface area contributed by atoms with Crippen LogP contribution in [-0.4, -0.2) is 67.6 Å². The quantitative estimate of drug-likeness (QED) is 0.309. The second-order valence-electron chi connectivity index (χ2n) is 11.3. The summed E-state index contributed by atoms with van der Waals surface area (Å²) in [5, 5.41) is 12.2. The van der Waals surface area contributed by atoms with Crippen LogP contribution in [-0.2, 0) is 24.3 Å². The molecule has 0 unspecified atom stereocenters. The molecule has 0 spiro atoms. The normalized spacial score (nSPS) is 18.1. The van der Waals surface area contributed by atoms with Gasteiger partial charge in [-0.15, -0.1) is 0 Å². The Kier molecular flexibility index (Phi) is 8.09. The molecule has 210 valence electrons. The van der Waals surface area contributed by atoms with Crippen LogP contribution >= 0.6 is 0 Å². The summed E-state index contributed by atoms with van der Waals surface area (Å²) < 4.78 is 2.17. The standard InChI is InChI=1S/C32H40N6O2/c33-15-3-4-18-37(29-11-5-7-23-8-6-16-35-31(23)29)21-27-32-26(12-17-34-27)25-9-1-2-10-28(25)38(32)22-30(40)36-19-13-24(39)14-20-36/h1-2,6,8-10,12,16-17,24,29,39H,3-5,7,11,13-15,18-22,33H2/t29-/m0/s1. The molecule has 6 rings (SSSR count). The van der Waals surface area contributed by atoms with E-state index in [9.17, 15) is 9.90 Å². The summed E-state index contributed by atoms with van der Waals surface area (Å²) in [5.74, 6) is 0.0922.